The number of ether oxygens (including phenoxy) is 6. The number of carbonyl (C=O) groups excluding carboxylic acids is 1. The molecule has 0 saturated carbocycles. The van der Waals surface area contributed by atoms with Gasteiger partial charge in [-0.1, -0.05) is 6.07 Å². The first-order valence-electron chi connectivity index (χ1n) is 9.37. The molecule has 1 aliphatic rings. The molecule has 0 fully saturated rings. The molecule has 0 aliphatic carbocycles. The van der Waals surface area contributed by atoms with Gasteiger partial charge >= 0.3 is 5.97 Å². The van der Waals surface area contributed by atoms with Crippen LogP contribution in [0.1, 0.15) is 37.2 Å². The predicted molar refractivity (Wildman–Crippen MR) is 106 cm³/mol. The van der Waals surface area contributed by atoms with E-state index in [0.29, 0.717) is 29.6 Å². The van der Waals surface area contributed by atoms with Gasteiger partial charge in [0.2, 0.25) is 0 Å². The van der Waals surface area contributed by atoms with Crippen LogP contribution in [0.5, 0.6) is 23.0 Å². The Morgan fingerprint density at radius 1 is 1.00 bits per heavy atom. The van der Waals surface area contributed by atoms with Gasteiger partial charge in [-0.05, 0) is 31.2 Å². The zero-order chi connectivity index (χ0) is 21.0. The SMILES string of the molecule is CCO[C@H]1c2ccc(OC)cc2O[C@@H](c2ccc(OC)c(OC)c2)[C@@H]1OC(C)=O. The van der Waals surface area contributed by atoms with Gasteiger partial charge < -0.3 is 28.4 Å². The standard InChI is InChI=1S/C22H26O7/c1-6-27-21-16-9-8-15(24-3)12-18(16)29-20(22(21)28-13(2)23)14-7-10-17(25-4)19(11-14)26-5/h7-12,20-22H,6H2,1-5H3/t20-,21-,22-/m0/s1. The molecule has 0 unspecified atom stereocenters. The van der Waals surface area contributed by atoms with Gasteiger partial charge in [-0.2, -0.15) is 0 Å². The Morgan fingerprint density at radius 2 is 1.76 bits per heavy atom. The highest BCUT2D eigenvalue weighted by Crippen LogP contribution is 2.46. The molecule has 29 heavy (non-hydrogen) atoms. The average molecular weight is 402 g/mol. The lowest BCUT2D eigenvalue weighted by molar-refractivity contribution is -0.169. The van der Waals surface area contributed by atoms with Crippen molar-refractivity contribution in [3.05, 3.63) is 47.5 Å². The number of benzene rings is 2. The van der Waals surface area contributed by atoms with Crippen molar-refractivity contribution in [2.24, 2.45) is 0 Å². The Hall–Kier alpha value is -2.93. The Morgan fingerprint density at radius 3 is 2.38 bits per heavy atom. The number of carbonyl (C=O) groups is 1. The van der Waals surface area contributed by atoms with Crippen molar-refractivity contribution >= 4 is 5.97 Å². The first-order valence-corrected chi connectivity index (χ1v) is 9.37. The van der Waals surface area contributed by atoms with E-state index in [1.165, 1.54) is 6.92 Å². The molecule has 0 bridgehead atoms. The van der Waals surface area contributed by atoms with Crippen LogP contribution in [-0.4, -0.2) is 40.0 Å². The molecule has 0 saturated heterocycles. The van der Waals surface area contributed by atoms with Crippen LogP contribution in [0.3, 0.4) is 0 Å². The summed E-state index contributed by atoms with van der Waals surface area (Å²) in [6, 6.07) is 11.0. The minimum Gasteiger partial charge on any atom is -0.497 e. The zero-order valence-corrected chi connectivity index (χ0v) is 17.3. The summed E-state index contributed by atoms with van der Waals surface area (Å²) in [5.41, 5.74) is 1.57. The van der Waals surface area contributed by atoms with E-state index in [1.807, 2.05) is 31.2 Å². The number of rotatable bonds is 7. The Bertz CT molecular complexity index is 864. The molecule has 0 radical (unpaired) electrons. The fourth-order valence-corrected chi connectivity index (χ4v) is 3.49. The molecular formula is C22H26O7. The van der Waals surface area contributed by atoms with Crippen molar-refractivity contribution in [1.82, 2.24) is 0 Å². The molecule has 0 spiro atoms. The third-order valence-electron chi connectivity index (χ3n) is 4.76. The monoisotopic (exact) mass is 402 g/mol. The highest BCUT2D eigenvalue weighted by atomic mass is 16.6. The minimum absolute atomic E-state index is 0.411. The van der Waals surface area contributed by atoms with Crippen molar-refractivity contribution in [2.45, 2.75) is 32.2 Å². The lowest BCUT2D eigenvalue weighted by atomic mass is 9.91. The van der Waals surface area contributed by atoms with Crippen molar-refractivity contribution in [3.8, 4) is 23.0 Å². The maximum absolute atomic E-state index is 11.9. The molecular weight excluding hydrogens is 376 g/mol. The summed E-state index contributed by atoms with van der Waals surface area (Å²) in [5, 5.41) is 0. The molecule has 1 aliphatic heterocycles. The number of hydrogen-bond donors (Lipinski definition) is 0. The van der Waals surface area contributed by atoms with Gasteiger partial charge in [-0.15, -0.1) is 0 Å². The molecule has 2 aromatic carbocycles. The van der Waals surface area contributed by atoms with Crippen LogP contribution < -0.4 is 18.9 Å². The molecule has 7 nitrogen and oxygen atoms in total. The zero-order valence-electron chi connectivity index (χ0n) is 17.3. The Kier molecular flexibility index (Phi) is 6.49. The first kappa shape index (κ1) is 20.8. The molecule has 7 heteroatoms. The van der Waals surface area contributed by atoms with Crippen molar-refractivity contribution in [1.29, 1.82) is 0 Å². The smallest absolute Gasteiger partial charge is 0.303 e. The molecule has 3 rings (SSSR count). The number of esters is 1. The van der Waals surface area contributed by atoms with Crippen LogP contribution in [0.15, 0.2) is 36.4 Å². The lowest BCUT2D eigenvalue weighted by Gasteiger charge is -2.39. The fraction of sp³-hybridized carbons (Fsp3) is 0.409. The maximum atomic E-state index is 11.9. The van der Waals surface area contributed by atoms with E-state index < -0.39 is 24.3 Å². The minimum atomic E-state index is -0.675. The first-order chi connectivity index (χ1) is 14.0. The fourth-order valence-electron chi connectivity index (χ4n) is 3.49. The number of fused-ring (bicyclic) bond motifs is 1. The van der Waals surface area contributed by atoms with Gasteiger partial charge in [0, 0.05) is 30.7 Å². The summed E-state index contributed by atoms with van der Waals surface area (Å²) in [7, 11) is 4.73. The van der Waals surface area contributed by atoms with Crippen LogP contribution in [-0.2, 0) is 14.3 Å². The normalized spacial score (nSPS) is 20.2. The van der Waals surface area contributed by atoms with Gasteiger partial charge in [0.25, 0.3) is 0 Å². The second kappa shape index (κ2) is 9.05. The molecule has 156 valence electrons. The van der Waals surface area contributed by atoms with E-state index in [4.69, 9.17) is 28.4 Å². The summed E-state index contributed by atoms with van der Waals surface area (Å²) in [6.07, 6.45) is -1.77. The van der Waals surface area contributed by atoms with Crippen LogP contribution in [0.25, 0.3) is 0 Å². The third kappa shape index (κ3) is 4.24. The van der Waals surface area contributed by atoms with E-state index in [1.54, 1.807) is 33.5 Å². The average Bonchev–Trinajstić information content (AvgIpc) is 2.73. The molecule has 1 heterocycles. The Balaban J connectivity index is 2.11. The van der Waals surface area contributed by atoms with Gasteiger partial charge in [0.05, 0.1) is 21.3 Å². The summed E-state index contributed by atoms with van der Waals surface area (Å²) < 4.78 is 34.0. The van der Waals surface area contributed by atoms with E-state index in [-0.39, 0.29) is 0 Å². The van der Waals surface area contributed by atoms with Crippen LogP contribution >= 0.6 is 0 Å². The summed E-state index contributed by atoms with van der Waals surface area (Å²) in [6.45, 7) is 3.72. The Labute approximate surface area is 170 Å². The van der Waals surface area contributed by atoms with Crippen LogP contribution in [0, 0.1) is 0 Å². The third-order valence-corrected chi connectivity index (χ3v) is 4.76. The predicted octanol–water partition coefficient (Wildman–Crippen LogP) is 3.86. The lowest BCUT2D eigenvalue weighted by Crippen LogP contribution is -2.39. The molecule has 0 aromatic heterocycles. The van der Waals surface area contributed by atoms with Crippen molar-refractivity contribution < 1.29 is 33.2 Å². The van der Waals surface area contributed by atoms with E-state index in [9.17, 15) is 4.79 Å². The van der Waals surface area contributed by atoms with Crippen LogP contribution in [0.4, 0.5) is 0 Å². The molecule has 0 amide bonds. The highest BCUT2D eigenvalue weighted by Gasteiger charge is 2.42. The second-order valence-corrected chi connectivity index (χ2v) is 6.51. The van der Waals surface area contributed by atoms with Gasteiger partial charge in [-0.25, -0.2) is 0 Å². The van der Waals surface area contributed by atoms with Crippen molar-refractivity contribution in [3.63, 3.8) is 0 Å². The number of methoxy groups -OCH3 is 3. The van der Waals surface area contributed by atoms with E-state index in [0.717, 1.165) is 11.1 Å². The summed E-state index contributed by atoms with van der Waals surface area (Å²) >= 11 is 0. The van der Waals surface area contributed by atoms with Crippen LogP contribution in [0.2, 0.25) is 0 Å². The van der Waals surface area contributed by atoms with E-state index in [2.05, 4.69) is 0 Å². The molecule has 2 aromatic rings. The highest BCUT2D eigenvalue weighted by molar-refractivity contribution is 5.66. The van der Waals surface area contributed by atoms with E-state index >= 15 is 0 Å². The largest absolute Gasteiger partial charge is 0.497 e. The van der Waals surface area contributed by atoms with Gasteiger partial charge in [0.1, 0.15) is 17.6 Å². The summed E-state index contributed by atoms with van der Waals surface area (Å²) in [5.74, 6) is 2.02. The van der Waals surface area contributed by atoms with Gasteiger partial charge in [0.15, 0.2) is 23.7 Å². The summed E-state index contributed by atoms with van der Waals surface area (Å²) in [4.78, 5) is 11.9. The second-order valence-electron chi connectivity index (χ2n) is 6.51. The van der Waals surface area contributed by atoms with Gasteiger partial charge in [-0.3, -0.25) is 4.79 Å². The van der Waals surface area contributed by atoms with Crippen molar-refractivity contribution in [2.75, 3.05) is 27.9 Å². The molecule has 0 N–H and O–H groups in total. The maximum Gasteiger partial charge on any atom is 0.303 e. The quantitative estimate of drug-likeness (QED) is 0.651. The number of hydrogen-bond acceptors (Lipinski definition) is 7. The topological polar surface area (TPSA) is 72.5 Å². The molecule has 3 atom stereocenters.